The summed E-state index contributed by atoms with van der Waals surface area (Å²) in [7, 11) is -3.88. The molecule has 1 saturated heterocycles. The zero-order valence-corrected chi connectivity index (χ0v) is 13.8. The Labute approximate surface area is 134 Å². The maximum atomic E-state index is 13.8. The third-order valence-corrected chi connectivity index (χ3v) is 6.64. The minimum Gasteiger partial charge on any atom is -0.330 e. The normalized spacial score (nSPS) is 24.2. The first-order valence-corrected chi connectivity index (χ1v) is 8.84. The highest BCUT2D eigenvalue weighted by Gasteiger charge is 2.36. The second-order valence-corrected chi connectivity index (χ2v) is 7.92. The van der Waals surface area contributed by atoms with Crippen LogP contribution in [0.2, 0.25) is 10.0 Å². The number of nitrogens with two attached hydrogens (primary N) is 1. The van der Waals surface area contributed by atoms with Crippen molar-refractivity contribution < 1.29 is 12.8 Å². The van der Waals surface area contributed by atoms with Gasteiger partial charge in [0, 0.05) is 12.6 Å². The van der Waals surface area contributed by atoms with Gasteiger partial charge in [-0.05, 0) is 44.4 Å². The third kappa shape index (κ3) is 3.19. The lowest BCUT2D eigenvalue weighted by atomic mass is 9.96. The van der Waals surface area contributed by atoms with E-state index < -0.39 is 20.9 Å². The van der Waals surface area contributed by atoms with E-state index in [2.05, 4.69) is 0 Å². The lowest BCUT2D eigenvalue weighted by molar-refractivity contribution is 0.211. The Morgan fingerprint density at radius 1 is 1.38 bits per heavy atom. The molecule has 1 heterocycles. The number of sulfonamides is 1. The standard InChI is InChI=1S/C13H17Cl2FN2O2S/c1-8-2-3-9(6-17)7-18(8)21(19,20)11-5-4-10(14)13(16)12(11)15/h4-5,8-9H,2-3,6-7,17H2,1H3. The van der Waals surface area contributed by atoms with E-state index in [-0.39, 0.29) is 21.9 Å². The molecule has 0 aromatic heterocycles. The van der Waals surface area contributed by atoms with E-state index in [0.717, 1.165) is 12.8 Å². The maximum Gasteiger partial charge on any atom is 0.244 e. The van der Waals surface area contributed by atoms with Gasteiger partial charge >= 0.3 is 0 Å². The van der Waals surface area contributed by atoms with Crippen LogP contribution in [-0.2, 0) is 10.0 Å². The fraction of sp³-hybridized carbons (Fsp3) is 0.538. The smallest absolute Gasteiger partial charge is 0.244 e. The minimum absolute atomic E-state index is 0.104. The molecule has 2 unspecified atom stereocenters. The quantitative estimate of drug-likeness (QED) is 0.848. The van der Waals surface area contributed by atoms with Gasteiger partial charge in [-0.2, -0.15) is 4.31 Å². The Morgan fingerprint density at radius 3 is 2.67 bits per heavy atom. The number of rotatable bonds is 3. The second kappa shape index (κ2) is 6.38. The van der Waals surface area contributed by atoms with Crippen molar-refractivity contribution in [3.8, 4) is 0 Å². The molecular formula is C13H17Cl2FN2O2S. The van der Waals surface area contributed by atoms with Crippen molar-refractivity contribution in [1.82, 2.24) is 4.31 Å². The van der Waals surface area contributed by atoms with Gasteiger partial charge in [0.05, 0.1) is 10.0 Å². The molecule has 1 aliphatic heterocycles. The highest BCUT2D eigenvalue weighted by atomic mass is 35.5. The lowest BCUT2D eigenvalue weighted by Gasteiger charge is -2.36. The van der Waals surface area contributed by atoms with Crippen LogP contribution in [-0.4, -0.2) is 31.9 Å². The molecule has 21 heavy (non-hydrogen) atoms. The summed E-state index contributed by atoms with van der Waals surface area (Å²) in [5, 5.41) is -0.671. The molecule has 1 aromatic carbocycles. The van der Waals surface area contributed by atoms with E-state index in [4.69, 9.17) is 28.9 Å². The zero-order chi connectivity index (χ0) is 15.8. The van der Waals surface area contributed by atoms with Crippen molar-refractivity contribution in [2.45, 2.75) is 30.7 Å². The fourth-order valence-corrected chi connectivity index (χ4v) is 4.97. The molecule has 0 bridgehead atoms. The largest absolute Gasteiger partial charge is 0.330 e. The van der Waals surface area contributed by atoms with Crippen molar-refractivity contribution in [2.75, 3.05) is 13.1 Å². The number of piperidine rings is 1. The summed E-state index contributed by atoms with van der Waals surface area (Å²) in [5.41, 5.74) is 5.64. The van der Waals surface area contributed by atoms with Crippen LogP contribution < -0.4 is 5.73 Å². The second-order valence-electron chi connectivity index (χ2n) is 5.28. The average Bonchev–Trinajstić information content (AvgIpc) is 2.45. The molecule has 2 atom stereocenters. The molecule has 1 fully saturated rings. The number of benzene rings is 1. The van der Waals surface area contributed by atoms with Crippen molar-refractivity contribution >= 4 is 33.2 Å². The van der Waals surface area contributed by atoms with E-state index in [1.807, 2.05) is 6.92 Å². The van der Waals surface area contributed by atoms with E-state index in [0.29, 0.717) is 13.1 Å². The van der Waals surface area contributed by atoms with Crippen LogP contribution in [0.4, 0.5) is 4.39 Å². The first-order valence-electron chi connectivity index (χ1n) is 6.64. The Bertz CT molecular complexity index is 639. The van der Waals surface area contributed by atoms with Gasteiger partial charge in [-0.15, -0.1) is 0 Å². The topological polar surface area (TPSA) is 63.4 Å². The molecule has 0 saturated carbocycles. The van der Waals surface area contributed by atoms with Gasteiger partial charge in [-0.25, -0.2) is 12.8 Å². The average molecular weight is 355 g/mol. The van der Waals surface area contributed by atoms with Crippen LogP contribution in [0.3, 0.4) is 0 Å². The predicted octanol–water partition coefficient (Wildman–Crippen LogP) is 2.88. The van der Waals surface area contributed by atoms with Gasteiger partial charge in [0.15, 0.2) is 5.82 Å². The number of halogens is 3. The molecular weight excluding hydrogens is 338 g/mol. The molecule has 0 radical (unpaired) electrons. The summed E-state index contributed by atoms with van der Waals surface area (Å²) in [5.74, 6) is -0.814. The van der Waals surface area contributed by atoms with Crippen LogP contribution in [0.1, 0.15) is 19.8 Å². The molecule has 0 spiro atoms. The molecule has 1 aromatic rings. The summed E-state index contributed by atoms with van der Waals surface area (Å²) < 4.78 is 40.6. The van der Waals surface area contributed by atoms with Crippen LogP contribution in [0.25, 0.3) is 0 Å². The first kappa shape index (κ1) is 17.0. The van der Waals surface area contributed by atoms with Gasteiger partial charge in [0.1, 0.15) is 4.90 Å². The maximum absolute atomic E-state index is 13.8. The van der Waals surface area contributed by atoms with Crippen molar-refractivity contribution in [2.24, 2.45) is 11.7 Å². The van der Waals surface area contributed by atoms with Gasteiger partial charge in [0.2, 0.25) is 10.0 Å². The van der Waals surface area contributed by atoms with Crippen molar-refractivity contribution in [3.63, 3.8) is 0 Å². The van der Waals surface area contributed by atoms with E-state index >= 15 is 0 Å². The lowest BCUT2D eigenvalue weighted by Crippen LogP contribution is -2.47. The summed E-state index contributed by atoms with van der Waals surface area (Å²) in [6, 6.07) is 2.26. The molecule has 0 amide bonds. The Balaban J connectivity index is 2.44. The van der Waals surface area contributed by atoms with E-state index in [1.165, 1.54) is 16.4 Å². The van der Waals surface area contributed by atoms with Crippen LogP contribution in [0.5, 0.6) is 0 Å². The molecule has 8 heteroatoms. The predicted molar refractivity (Wildman–Crippen MR) is 81.6 cm³/mol. The molecule has 118 valence electrons. The Kier molecular flexibility index (Phi) is 5.15. The number of nitrogens with zero attached hydrogens (tertiary/aromatic N) is 1. The van der Waals surface area contributed by atoms with E-state index in [1.54, 1.807) is 0 Å². The molecule has 2 rings (SSSR count). The third-order valence-electron chi connectivity index (χ3n) is 3.84. The SMILES string of the molecule is CC1CCC(CN)CN1S(=O)(=O)c1ccc(Cl)c(F)c1Cl. The minimum atomic E-state index is -3.88. The van der Waals surface area contributed by atoms with Crippen LogP contribution in [0.15, 0.2) is 17.0 Å². The number of hydrogen-bond acceptors (Lipinski definition) is 3. The molecule has 4 nitrogen and oxygen atoms in total. The van der Waals surface area contributed by atoms with Crippen molar-refractivity contribution in [3.05, 3.63) is 28.0 Å². The fourth-order valence-electron chi connectivity index (χ4n) is 2.51. The van der Waals surface area contributed by atoms with Crippen LogP contribution >= 0.6 is 23.2 Å². The van der Waals surface area contributed by atoms with Gasteiger partial charge in [0.25, 0.3) is 0 Å². The zero-order valence-electron chi connectivity index (χ0n) is 11.5. The molecule has 1 aliphatic rings. The van der Waals surface area contributed by atoms with E-state index in [9.17, 15) is 12.8 Å². The molecule has 2 N–H and O–H groups in total. The monoisotopic (exact) mass is 354 g/mol. The highest BCUT2D eigenvalue weighted by Crippen LogP contribution is 2.34. The summed E-state index contributed by atoms with van der Waals surface area (Å²) in [4.78, 5) is -0.254. The van der Waals surface area contributed by atoms with Gasteiger partial charge in [-0.3, -0.25) is 0 Å². The summed E-state index contributed by atoms with van der Waals surface area (Å²) in [6.07, 6.45) is 1.60. The Morgan fingerprint density at radius 2 is 2.05 bits per heavy atom. The summed E-state index contributed by atoms with van der Waals surface area (Å²) >= 11 is 11.4. The van der Waals surface area contributed by atoms with Crippen molar-refractivity contribution in [1.29, 1.82) is 0 Å². The summed E-state index contributed by atoms with van der Waals surface area (Å²) in [6.45, 7) is 2.56. The number of hydrogen-bond donors (Lipinski definition) is 1. The Hall–Kier alpha value is -0.400. The van der Waals surface area contributed by atoms with Gasteiger partial charge in [-0.1, -0.05) is 23.2 Å². The molecule has 0 aliphatic carbocycles. The highest BCUT2D eigenvalue weighted by molar-refractivity contribution is 7.89. The van der Waals surface area contributed by atoms with Crippen LogP contribution in [0, 0.1) is 11.7 Å². The van der Waals surface area contributed by atoms with Gasteiger partial charge < -0.3 is 5.73 Å². The first-order chi connectivity index (χ1) is 9.78.